The van der Waals surface area contributed by atoms with E-state index in [0.717, 1.165) is 18.4 Å². The third kappa shape index (κ3) is 4.20. The maximum atomic E-state index is 5.55. The molecule has 0 aliphatic heterocycles. The van der Waals surface area contributed by atoms with Crippen LogP contribution >= 0.6 is 0 Å². The molecule has 1 aliphatic rings. The molecule has 2 rings (SSSR count). The Hall–Kier alpha value is -1.10. The smallest absolute Gasteiger partial charge is 0.315 e. The zero-order valence-corrected chi connectivity index (χ0v) is 12.3. The van der Waals surface area contributed by atoms with Crippen LogP contribution in [0.5, 0.6) is 0 Å². The molecule has 1 aromatic heterocycles. The molecule has 1 aliphatic carbocycles. The van der Waals surface area contributed by atoms with Crippen LogP contribution < -0.4 is 10.6 Å². The molecule has 2 N–H and O–H groups in total. The lowest BCUT2D eigenvalue weighted by Crippen LogP contribution is -2.16. The highest BCUT2D eigenvalue weighted by atomic mass is 16.4. The lowest BCUT2D eigenvalue weighted by Gasteiger charge is -2.26. The average Bonchev–Trinajstić information content (AvgIpc) is 2.87. The van der Waals surface area contributed by atoms with E-state index < -0.39 is 0 Å². The van der Waals surface area contributed by atoms with Gasteiger partial charge in [-0.15, -0.1) is 5.10 Å². The summed E-state index contributed by atoms with van der Waals surface area (Å²) in [6, 6.07) is 0.642. The molecular weight excluding hydrogens is 240 g/mol. The van der Waals surface area contributed by atoms with E-state index in [1.54, 1.807) is 0 Å². The number of hydrogen-bond donors (Lipinski definition) is 2. The zero-order chi connectivity index (χ0) is 13.7. The molecule has 0 spiro atoms. The summed E-state index contributed by atoms with van der Waals surface area (Å²) in [4.78, 5) is 0. The standard InChI is InChI=1S/C14H26N4O/c1-10-5-4-6-12(9-10)7-8-16-14-18-17-13(19-14)11(2)15-3/h10-12,15H,4-9H2,1-3H3,(H,16,18). The highest BCUT2D eigenvalue weighted by molar-refractivity contribution is 5.17. The highest BCUT2D eigenvalue weighted by Crippen LogP contribution is 2.30. The van der Waals surface area contributed by atoms with Crippen LogP contribution in [0.15, 0.2) is 4.42 Å². The molecule has 0 radical (unpaired) electrons. The van der Waals surface area contributed by atoms with Gasteiger partial charge in [0, 0.05) is 6.54 Å². The zero-order valence-electron chi connectivity index (χ0n) is 12.3. The van der Waals surface area contributed by atoms with Crippen molar-refractivity contribution in [3.8, 4) is 0 Å². The number of nitrogens with zero attached hydrogens (tertiary/aromatic N) is 2. The van der Waals surface area contributed by atoms with Gasteiger partial charge in [-0.25, -0.2) is 0 Å². The van der Waals surface area contributed by atoms with Crippen molar-refractivity contribution in [2.24, 2.45) is 11.8 Å². The molecule has 1 fully saturated rings. The Morgan fingerprint density at radius 3 is 2.95 bits per heavy atom. The minimum atomic E-state index is 0.0993. The molecule has 1 saturated carbocycles. The second kappa shape index (κ2) is 6.89. The largest absolute Gasteiger partial charge is 0.406 e. The fraction of sp³-hybridized carbons (Fsp3) is 0.857. The van der Waals surface area contributed by atoms with Gasteiger partial charge in [-0.05, 0) is 38.6 Å². The quantitative estimate of drug-likeness (QED) is 0.828. The first-order valence-electron chi connectivity index (χ1n) is 7.43. The summed E-state index contributed by atoms with van der Waals surface area (Å²) in [6.07, 6.45) is 6.73. The van der Waals surface area contributed by atoms with Crippen LogP contribution in [0.1, 0.15) is 57.9 Å². The number of aromatic nitrogens is 2. The number of nitrogens with one attached hydrogen (secondary N) is 2. The van der Waals surface area contributed by atoms with E-state index in [-0.39, 0.29) is 6.04 Å². The van der Waals surface area contributed by atoms with Gasteiger partial charge in [0.15, 0.2) is 0 Å². The first-order valence-corrected chi connectivity index (χ1v) is 7.43. The normalized spacial score (nSPS) is 25.2. The summed E-state index contributed by atoms with van der Waals surface area (Å²) in [7, 11) is 1.88. The van der Waals surface area contributed by atoms with Crippen molar-refractivity contribution in [2.45, 2.75) is 52.0 Å². The summed E-state index contributed by atoms with van der Waals surface area (Å²) in [5.41, 5.74) is 0. The predicted molar refractivity (Wildman–Crippen MR) is 76.0 cm³/mol. The van der Waals surface area contributed by atoms with E-state index >= 15 is 0 Å². The van der Waals surface area contributed by atoms with E-state index in [1.807, 2.05) is 14.0 Å². The molecule has 3 atom stereocenters. The summed E-state index contributed by atoms with van der Waals surface area (Å²) in [5, 5.41) is 14.4. The van der Waals surface area contributed by atoms with Gasteiger partial charge in [0.05, 0.1) is 6.04 Å². The van der Waals surface area contributed by atoms with Crippen LogP contribution in [0.2, 0.25) is 0 Å². The number of rotatable bonds is 6. The lowest BCUT2D eigenvalue weighted by molar-refractivity contribution is 0.274. The fourth-order valence-electron chi connectivity index (χ4n) is 2.81. The number of anilines is 1. The van der Waals surface area contributed by atoms with E-state index in [2.05, 4.69) is 27.8 Å². The van der Waals surface area contributed by atoms with Crippen LogP contribution in [0.4, 0.5) is 6.01 Å². The Kier molecular flexibility index (Phi) is 5.19. The topological polar surface area (TPSA) is 63.0 Å². The summed E-state index contributed by atoms with van der Waals surface area (Å²) >= 11 is 0. The monoisotopic (exact) mass is 266 g/mol. The first-order chi connectivity index (χ1) is 9.19. The summed E-state index contributed by atoms with van der Waals surface area (Å²) < 4.78 is 5.55. The van der Waals surface area contributed by atoms with Gasteiger partial charge in [0.1, 0.15) is 0 Å². The van der Waals surface area contributed by atoms with E-state index in [9.17, 15) is 0 Å². The summed E-state index contributed by atoms with van der Waals surface area (Å²) in [5.74, 6) is 2.39. The van der Waals surface area contributed by atoms with Crippen LogP contribution in [0, 0.1) is 11.8 Å². The molecule has 3 unspecified atom stereocenters. The Morgan fingerprint density at radius 1 is 1.37 bits per heavy atom. The Balaban J connectivity index is 1.72. The second-order valence-corrected chi connectivity index (χ2v) is 5.81. The van der Waals surface area contributed by atoms with Crippen molar-refractivity contribution in [1.29, 1.82) is 0 Å². The molecular formula is C14H26N4O. The minimum Gasteiger partial charge on any atom is -0.406 e. The van der Waals surface area contributed by atoms with Gasteiger partial charge in [-0.1, -0.05) is 31.3 Å². The van der Waals surface area contributed by atoms with Crippen molar-refractivity contribution in [3.05, 3.63) is 5.89 Å². The molecule has 0 aromatic carbocycles. The number of hydrogen-bond acceptors (Lipinski definition) is 5. The van der Waals surface area contributed by atoms with Gasteiger partial charge in [-0.3, -0.25) is 0 Å². The molecule has 0 saturated heterocycles. The van der Waals surface area contributed by atoms with Crippen molar-refractivity contribution < 1.29 is 4.42 Å². The maximum absolute atomic E-state index is 5.55. The second-order valence-electron chi connectivity index (χ2n) is 5.81. The molecule has 108 valence electrons. The van der Waals surface area contributed by atoms with Crippen LogP contribution in [0.3, 0.4) is 0 Å². The van der Waals surface area contributed by atoms with E-state index in [4.69, 9.17) is 4.42 Å². The van der Waals surface area contributed by atoms with Crippen LogP contribution in [0.25, 0.3) is 0 Å². The molecule has 0 bridgehead atoms. The highest BCUT2D eigenvalue weighted by Gasteiger charge is 2.18. The third-order valence-corrected chi connectivity index (χ3v) is 4.12. The Labute approximate surface area is 115 Å². The van der Waals surface area contributed by atoms with Gasteiger partial charge in [0.25, 0.3) is 0 Å². The molecule has 5 heteroatoms. The molecule has 5 nitrogen and oxygen atoms in total. The van der Waals surface area contributed by atoms with Crippen molar-refractivity contribution in [1.82, 2.24) is 15.5 Å². The van der Waals surface area contributed by atoms with Gasteiger partial charge in [-0.2, -0.15) is 0 Å². The molecule has 1 heterocycles. The van der Waals surface area contributed by atoms with Gasteiger partial charge < -0.3 is 15.1 Å². The van der Waals surface area contributed by atoms with Crippen LogP contribution in [-0.4, -0.2) is 23.8 Å². The lowest BCUT2D eigenvalue weighted by atomic mass is 9.81. The van der Waals surface area contributed by atoms with Crippen molar-refractivity contribution >= 4 is 6.01 Å². The predicted octanol–water partition coefficient (Wildman–Crippen LogP) is 2.98. The molecule has 1 aromatic rings. The first kappa shape index (κ1) is 14.3. The minimum absolute atomic E-state index is 0.0993. The Morgan fingerprint density at radius 2 is 2.21 bits per heavy atom. The van der Waals surface area contributed by atoms with Crippen molar-refractivity contribution in [2.75, 3.05) is 18.9 Å². The Bertz CT molecular complexity index is 379. The SMILES string of the molecule is CNC(C)c1nnc(NCCC2CCCC(C)C2)o1. The average molecular weight is 266 g/mol. The van der Waals surface area contributed by atoms with Gasteiger partial charge in [0.2, 0.25) is 5.89 Å². The third-order valence-electron chi connectivity index (χ3n) is 4.12. The molecule has 19 heavy (non-hydrogen) atoms. The van der Waals surface area contributed by atoms with E-state index in [0.29, 0.717) is 11.9 Å². The maximum Gasteiger partial charge on any atom is 0.315 e. The van der Waals surface area contributed by atoms with Gasteiger partial charge >= 0.3 is 6.01 Å². The molecule has 0 amide bonds. The van der Waals surface area contributed by atoms with Crippen LogP contribution in [-0.2, 0) is 0 Å². The van der Waals surface area contributed by atoms with E-state index in [1.165, 1.54) is 32.1 Å². The fourth-order valence-corrected chi connectivity index (χ4v) is 2.81. The van der Waals surface area contributed by atoms with Crippen molar-refractivity contribution in [3.63, 3.8) is 0 Å². The summed E-state index contributed by atoms with van der Waals surface area (Å²) in [6.45, 7) is 5.29.